The lowest BCUT2D eigenvalue weighted by Crippen LogP contribution is -2.15. The summed E-state index contributed by atoms with van der Waals surface area (Å²) in [7, 11) is 0. The molecule has 1 aliphatic rings. The van der Waals surface area contributed by atoms with Gasteiger partial charge in [-0.2, -0.15) is 0 Å². The number of rotatable bonds is 12. The lowest BCUT2D eigenvalue weighted by atomic mass is 9.78. The van der Waals surface area contributed by atoms with Crippen molar-refractivity contribution in [2.75, 3.05) is 6.61 Å². The summed E-state index contributed by atoms with van der Waals surface area (Å²) in [6, 6.07) is 6.10. The molecule has 0 spiro atoms. The molecule has 3 nitrogen and oxygen atoms in total. The van der Waals surface area contributed by atoms with Crippen LogP contribution in [0.4, 0.5) is 0 Å². The van der Waals surface area contributed by atoms with Crippen molar-refractivity contribution in [2.45, 2.75) is 90.9 Å². The molecule has 31 heavy (non-hydrogen) atoms. The summed E-state index contributed by atoms with van der Waals surface area (Å²) in [5, 5.41) is 0. The average molecular weight is 488 g/mol. The number of hydrogen-bond donors (Lipinski definition) is 0. The number of aryl methyl sites for hydroxylation is 1. The summed E-state index contributed by atoms with van der Waals surface area (Å²) in [4.78, 5) is 9.28. The molecular formula is C27H39BrN2O. The molecule has 1 aliphatic carbocycles. The molecule has 1 aromatic heterocycles. The van der Waals surface area contributed by atoms with Gasteiger partial charge in [-0.3, -0.25) is 0 Å². The van der Waals surface area contributed by atoms with E-state index in [0.29, 0.717) is 0 Å². The van der Waals surface area contributed by atoms with Crippen LogP contribution in [0.3, 0.4) is 0 Å². The molecule has 4 heteroatoms. The van der Waals surface area contributed by atoms with E-state index in [-0.39, 0.29) is 0 Å². The molecule has 0 N–H and O–H groups in total. The number of benzene rings is 1. The number of aromatic nitrogens is 2. The minimum atomic E-state index is 0.750. The lowest BCUT2D eigenvalue weighted by Gasteiger charge is -2.28. The standard InChI is InChI=1S/C27H39BrN2O/c1-3-5-7-8-21-9-11-22(12-10-21)13-14-23-19-29-27(30-20-23)24-15-16-26(25(28)18-24)31-17-6-4-2/h15-16,18-22H,3-14,17H2,1-2H3. The maximum Gasteiger partial charge on any atom is 0.159 e. The van der Waals surface area contributed by atoms with Gasteiger partial charge in [-0.1, -0.05) is 71.6 Å². The normalized spacial score (nSPS) is 18.8. The van der Waals surface area contributed by atoms with Crippen LogP contribution in [0.2, 0.25) is 0 Å². The predicted molar refractivity (Wildman–Crippen MR) is 133 cm³/mol. The Hall–Kier alpha value is -1.42. The molecule has 0 unspecified atom stereocenters. The number of ether oxygens (including phenoxy) is 1. The van der Waals surface area contributed by atoms with Crippen LogP contribution >= 0.6 is 15.9 Å². The first-order chi connectivity index (χ1) is 15.2. The van der Waals surface area contributed by atoms with E-state index < -0.39 is 0 Å². The Kier molecular flexibility index (Phi) is 10.3. The van der Waals surface area contributed by atoms with Gasteiger partial charge in [-0.05, 0) is 70.8 Å². The second-order valence-electron chi connectivity index (χ2n) is 9.18. The van der Waals surface area contributed by atoms with Crippen molar-refractivity contribution in [1.29, 1.82) is 0 Å². The molecule has 1 heterocycles. The van der Waals surface area contributed by atoms with Crippen LogP contribution in [-0.4, -0.2) is 16.6 Å². The van der Waals surface area contributed by atoms with E-state index in [4.69, 9.17) is 4.74 Å². The average Bonchev–Trinajstić information content (AvgIpc) is 2.80. The van der Waals surface area contributed by atoms with Crippen LogP contribution in [0, 0.1) is 11.8 Å². The molecule has 0 aliphatic heterocycles. The first kappa shape index (κ1) is 24.2. The fourth-order valence-electron chi connectivity index (χ4n) is 4.58. The van der Waals surface area contributed by atoms with E-state index in [9.17, 15) is 0 Å². The molecule has 170 valence electrons. The summed E-state index contributed by atoms with van der Waals surface area (Å²) in [5.74, 6) is 3.54. The van der Waals surface area contributed by atoms with Gasteiger partial charge in [0, 0.05) is 18.0 Å². The molecule has 3 rings (SSSR count). The molecule has 0 saturated heterocycles. The maximum absolute atomic E-state index is 5.82. The highest BCUT2D eigenvalue weighted by molar-refractivity contribution is 9.10. The Labute approximate surface area is 197 Å². The Morgan fingerprint density at radius 1 is 0.903 bits per heavy atom. The predicted octanol–water partition coefficient (Wildman–Crippen LogP) is 8.40. The monoisotopic (exact) mass is 486 g/mol. The highest BCUT2D eigenvalue weighted by Gasteiger charge is 2.20. The van der Waals surface area contributed by atoms with E-state index >= 15 is 0 Å². The molecule has 0 amide bonds. The second kappa shape index (κ2) is 13.2. The van der Waals surface area contributed by atoms with Crippen LogP contribution in [0.25, 0.3) is 11.4 Å². The third-order valence-electron chi connectivity index (χ3n) is 6.67. The van der Waals surface area contributed by atoms with Gasteiger partial charge in [0.1, 0.15) is 5.75 Å². The molecule has 0 radical (unpaired) electrons. The highest BCUT2D eigenvalue weighted by atomic mass is 79.9. The topological polar surface area (TPSA) is 35.0 Å². The van der Waals surface area contributed by atoms with E-state index in [1.807, 2.05) is 24.5 Å². The molecule has 1 aromatic carbocycles. The molecular weight excluding hydrogens is 448 g/mol. The van der Waals surface area contributed by atoms with E-state index in [1.54, 1.807) is 0 Å². The number of halogens is 1. The fourth-order valence-corrected chi connectivity index (χ4v) is 5.07. The summed E-state index contributed by atoms with van der Waals surface area (Å²) < 4.78 is 6.78. The van der Waals surface area contributed by atoms with Gasteiger partial charge < -0.3 is 4.74 Å². The van der Waals surface area contributed by atoms with Crippen molar-refractivity contribution >= 4 is 15.9 Å². The fraction of sp³-hybridized carbons (Fsp3) is 0.630. The van der Waals surface area contributed by atoms with Gasteiger partial charge in [0.15, 0.2) is 5.82 Å². The van der Waals surface area contributed by atoms with E-state index in [2.05, 4.69) is 45.8 Å². The Bertz CT molecular complexity index is 769. The zero-order valence-electron chi connectivity index (χ0n) is 19.4. The highest BCUT2D eigenvalue weighted by Crippen LogP contribution is 2.34. The molecule has 1 fully saturated rings. The largest absolute Gasteiger partial charge is 0.492 e. The van der Waals surface area contributed by atoms with Crippen molar-refractivity contribution < 1.29 is 4.74 Å². The summed E-state index contributed by atoms with van der Waals surface area (Å²) in [5.41, 5.74) is 2.27. The van der Waals surface area contributed by atoms with Crippen molar-refractivity contribution in [2.24, 2.45) is 11.8 Å². The SMILES string of the molecule is CCCCCC1CCC(CCc2cnc(-c3ccc(OCCCC)c(Br)c3)nc2)CC1. The zero-order valence-corrected chi connectivity index (χ0v) is 21.0. The first-order valence-electron chi connectivity index (χ1n) is 12.4. The van der Waals surface area contributed by atoms with Crippen LogP contribution in [0.15, 0.2) is 35.1 Å². The molecule has 0 bridgehead atoms. The third-order valence-corrected chi connectivity index (χ3v) is 7.29. The van der Waals surface area contributed by atoms with E-state index in [0.717, 1.165) is 59.3 Å². The van der Waals surface area contributed by atoms with Crippen LogP contribution < -0.4 is 4.74 Å². The van der Waals surface area contributed by atoms with Gasteiger partial charge >= 0.3 is 0 Å². The quantitative estimate of drug-likeness (QED) is 0.282. The van der Waals surface area contributed by atoms with Crippen molar-refractivity contribution in [3.63, 3.8) is 0 Å². The summed E-state index contributed by atoms with van der Waals surface area (Å²) >= 11 is 3.62. The molecule has 0 atom stereocenters. The summed E-state index contributed by atoms with van der Waals surface area (Å²) in [6.07, 6.45) is 19.9. The van der Waals surface area contributed by atoms with E-state index in [1.165, 1.54) is 63.4 Å². The Balaban J connectivity index is 1.45. The maximum atomic E-state index is 5.82. The Morgan fingerprint density at radius 3 is 2.23 bits per heavy atom. The summed E-state index contributed by atoms with van der Waals surface area (Å²) in [6.45, 7) is 5.22. The number of nitrogens with zero attached hydrogens (tertiary/aromatic N) is 2. The van der Waals surface area contributed by atoms with Gasteiger partial charge in [-0.15, -0.1) is 0 Å². The third kappa shape index (κ3) is 7.89. The van der Waals surface area contributed by atoms with Crippen molar-refractivity contribution in [3.05, 3.63) is 40.6 Å². The Morgan fingerprint density at radius 2 is 1.58 bits per heavy atom. The molecule has 1 saturated carbocycles. The second-order valence-corrected chi connectivity index (χ2v) is 10.0. The van der Waals surface area contributed by atoms with Crippen LogP contribution in [0.5, 0.6) is 5.75 Å². The van der Waals surface area contributed by atoms with Gasteiger partial charge in [0.25, 0.3) is 0 Å². The number of hydrogen-bond acceptors (Lipinski definition) is 3. The first-order valence-corrected chi connectivity index (χ1v) is 13.2. The zero-order chi connectivity index (χ0) is 21.9. The van der Waals surface area contributed by atoms with Crippen molar-refractivity contribution in [3.8, 4) is 17.1 Å². The van der Waals surface area contributed by atoms with Crippen molar-refractivity contribution in [1.82, 2.24) is 9.97 Å². The van der Waals surface area contributed by atoms with Crippen LogP contribution in [-0.2, 0) is 6.42 Å². The van der Waals surface area contributed by atoms with Gasteiger partial charge in [0.05, 0.1) is 11.1 Å². The smallest absolute Gasteiger partial charge is 0.159 e. The van der Waals surface area contributed by atoms with Gasteiger partial charge in [-0.25, -0.2) is 9.97 Å². The lowest BCUT2D eigenvalue weighted by molar-refractivity contribution is 0.249. The minimum Gasteiger partial charge on any atom is -0.492 e. The van der Waals surface area contributed by atoms with Gasteiger partial charge in [0.2, 0.25) is 0 Å². The minimum absolute atomic E-state index is 0.750. The number of unbranched alkanes of at least 4 members (excludes halogenated alkanes) is 3. The molecule has 2 aromatic rings. The van der Waals surface area contributed by atoms with Crippen LogP contribution in [0.1, 0.15) is 90.0 Å².